The van der Waals surface area contributed by atoms with E-state index in [1.807, 2.05) is 6.92 Å². The Balaban J connectivity index is 3.55. The van der Waals surface area contributed by atoms with Crippen molar-refractivity contribution in [2.24, 2.45) is 0 Å². The van der Waals surface area contributed by atoms with Gasteiger partial charge in [-0.05, 0) is 25.8 Å². The van der Waals surface area contributed by atoms with Crippen LogP contribution < -0.4 is 5.32 Å². The maximum absolute atomic E-state index is 11.4. The van der Waals surface area contributed by atoms with Crippen molar-refractivity contribution < 1.29 is 4.79 Å². The van der Waals surface area contributed by atoms with Crippen LogP contribution in [0, 0.1) is 6.42 Å². The smallest absolute Gasteiger partial charge is 0.243 e. The van der Waals surface area contributed by atoms with Crippen molar-refractivity contribution in [3.8, 4) is 0 Å². The zero-order valence-corrected chi connectivity index (χ0v) is 14.5. The summed E-state index contributed by atoms with van der Waals surface area (Å²) in [7, 11) is 0. The molecule has 0 aromatic heterocycles. The van der Waals surface area contributed by atoms with Gasteiger partial charge in [0.1, 0.15) is 0 Å². The maximum atomic E-state index is 11.4. The number of rotatable bonds is 14. The van der Waals surface area contributed by atoms with Crippen molar-refractivity contribution in [1.82, 2.24) is 5.32 Å². The van der Waals surface area contributed by atoms with E-state index in [4.69, 9.17) is 0 Å². The molecule has 1 atom stereocenters. The van der Waals surface area contributed by atoms with E-state index in [1.54, 1.807) is 0 Å². The summed E-state index contributed by atoms with van der Waals surface area (Å²) in [5.74, 6) is -0.0809. The second-order valence-corrected chi connectivity index (χ2v) is 6.33. The minimum atomic E-state index is -0.189. The van der Waals surface area contributed by atoms with Gasteiger partial charge in [0.05, 0.1) is 0 Å². The van der Waals surface area contributed by atoms with Crippen molar-refractivity contribution in [3.05, 3.63) is 19.1 Å². The molecule has 0 spiro atoms. The first kappa shape index (κ1) is 20.2. The van der Waals surface area contributed by atoms with Crippen molar-refractivity contribution in [2.45, 2.75) is 96.9 Å². The topological polar surface area (TPSA) is 29.1 Å². The fourth-order valence-electron chi connectivity index (χ4n) is 2.59. The number of carbonyl (C=O) groups is 1. The van der Waals surface area contributed by atoms with E-state index in [-0.39, 0.29) is 11.4 Å². The highest BCUT2D eigenvalue weighted by atomic mass is 16.1. The molecule has 0 saturated heterocycles. The SMILES string of the molecule is C=CC(=O)NC(C)([CH]C)CCCCCCCCCCCC. The summed E-state index contributed by atoms with van der Waals surface area (Å²) in [6.45, 7) is 9.87. The fraction of sp³-hybridized carbons (Fsp3) is 0.789. The molecule has 0 heterocycles. The Bertz CT molecular complexity index is 275. The molecule has 2 heteroatoms. The van der Waals surface area contributed by atoms with Crippen molar-refractivity contribution >= 4 is 5.91 Å². The Morgan fingerprint density at radius 2 is 1.48 bits per heavy atom. The first-order valence-electron chi connectivity index (χ1n) is 8.83. The molecule has 0 aromatic rings. The van der Waals surface area contributed by atoms with E-state index in [0.29, 0.717) is 0 Å². The third-order valence-corrected chi connectivity index (χ3v) is 4.28. The average molecular weight is 295 g/mol. The summed E-state index contributed by atoms with van der Waals surface area (Å²) >= 11 is 0. The van der Waals surface area contributed by atoms with Crippen LogP contribution >= 0.6 is 0 Å². The minimum absolute atomic E-state index is 0.0809. The van der Waals surface area contributed by atoms with Gasteiger partial charge in [-0.15, -0.1) is 0 Å². The predicted octanol–water partition coefficient (Wildman–Crippen LogP) is 5.58. The number of hydrogen-bond acceptors (Lipinski definition) is 1. The molecule has 123 valence electrons. The summed E-state index contributed by atoms with van der Waals surface area (Å²) in [5, 5.41) is 3.01. The van der Waals surface area contributed by atoms with Gasteiger partial charge in [0.25, 0.3) is 0 Å². The number of nitrogens with one attached hydrogen (secondary N) is 1. The van der Waals surface area contributed by atoms with Crippen LogP contribution in [0.25, 0.3) is 0 Å². The van der Waals surface area contributed by atoms with Gasteiger partial charge >= 0.3 is 0 Å². The van der Waals surface area contributed by atoms with Crippen LogP contribution in [0.2, 0.25) is 0 Å². The third-order valence-electron chi connectivity index (χ3n) is 4.28. The molecular formula is C19H36NO. The van der Waals surface area contributed by atoms with Crippen molar-refractivity contribution in [3.63, 3.8) is 0 Å². The molecule has 1 N–H and O–H groups in total. The summed E-state index contributed by atoms with van der Waals surface area (Å²) in [4.78, 5) is 11.4. The lowest BCUT2D eigenvalue weighted by molar-refractivity contribution is -0.117. The molecule has 0 rings (SSSR count). The second kappa shape index (κ2) is 12.9. The van der Waals surface area contributed by atoms with Crippen LogP contribution in [0.5, 0.6) is 0 Å². The van der Waals surface area contributed by atoms with Gasteiger partial charge in [0.2, 0.25) is 5.91 Å². The van der Waals surface area contributed by atoms with E-state index >= 15 is 0 Å². The number of unbranched alkanes of at least 4 members (excludes halogenated alkanes) is 9. The highest BCUT2D eigenvalue weighted by Gasteiger charge is 2.22. The Morgan fingerprint density at radius 1 is 1.00 bits per heavy atom. The quantitative estimate of drug-likeness (QED) is 0.329. The fourth-order valence-corrected chi connectivity index (χ4v) is 2.59. The van der Waals surface area contributed by atoms with Crippen LogP contribution in [0.1, 0.15) is 91.4 Å². The lowest BCUT2D eigenvalue weighted by Crippen LogP contribution is -2.45. The van der Waals surface area contributed by atoms with E-state index in [2.05, 4.69) is 32.2 Å². The molecule has 1 radical (unpaired) electrons. The first-order chi connectivity index (χ1) is 10.1. The molecule has 2 nitrogen and oxygen atoms in total. The minimum Gasteiger partial charge on any atom is -0.347 e. The molecule has 0 bridgehead atoms. The first-order valence-corrected chi connectivity index (χ1v) is 8.83. The Hall–Kier alpha value is -0.790. The zero-order chi connectivity index (χ0) is 16.0. The Morgan fingerprint density at radius 3 is 1.90 bits per heavy atom. The van der Waals surface area contributed by atoms with E-state index in [0.717, 1.165) is 6.42 Å². The maximum Gasteiger partial charge on any atom is 0.243 e. The average Bonchev–Trinajstić information content (AvgIpc) is 2.49. The van der Waals surface area contributed by atoms with E-state index in [1.165, 1.54) is 70.3 Å². The van der Waals surface area contributed by atoms with Crippen molar-refractivity contribution in [2.75, 3.05) is 0 Å². The van der Waals surface area contributed by atoms with E-state index < -0.39 is 0 Å². The predicted molar refractivity (Wildman–Crippen MR) is 93.2 cm³/mol. The van der Waals surface area contributed by atoms with Crippen LogP contribution in [0.15, 0.2) is 12.7 Å². The molecule has 0 aromatic carbocycles. The third kappa shape index (κ3) is 11.5. The molecule has 0 aliphatic heterocycles. The summed E-state index contributed by atoms with van der Waals surface area (Å²) < 4.78 is 0. The van der Waals surface area contributed by atoms with Gasteiger partial charge in [0.15, 0.2) is 0 Å². The molecule has 21 heavy (non-hydrogen) atoms. The van der Waals surface area contributed by atoms with Gasteiger partial charge in [-0.25, -0.2) is 0 Å². The highest BCUT2D eigenvalue weighted by molar-refractivity contribution is 5.87. The standard InChI is InChI=1S/C19H36NO/c1-5-8-9-10-11-12-13-14-15-16-17-19(4,7-3)20-18(21)6-2/h6-7H,2,5,8-17H2,1,3-4H3,(H,20,21). The summed E-state index contributed by atoms with van der Waals surface area (Å²) in [6, 6.07) is 0. The molecule has 0 saturated carbocycles. The largest absolute Gasteiger partial charge is 0.347 e. The van der Waals surface area contributed by atoms with Crippen LogP contribution in [-0.2, 0) is 4.79 Å². The van der Waals surface area contributed by atoms with Gasteiger partial charge in [-0.3, -0.25) is 4.79 Å². The van der Waals surface area contributed by atoms with Crippen LogP contribution in [0.3, 0.4) is 0 Å². The highest BCUT2D eigenvalue weighted by Crippen LogP contribution is 2.19. The lowest BCUT2D eigenvalue weighted by atomic mass is 9.91. The van der Waals surface area contributed by atoms with Gasteiger partial charge < -0.3 is 5.32 Å². The molecular weight excluding hydrogens is 258 g/mol. The number of amides is 1. The molecule has 1 unspecified atom stereocenters. The number of carbonyl (C=O) groups excluding carboxylic acids is 1. The summed E-state index contributed by atoms with van der Waals surface area (Å²) in [5.41, 5.74) is -0.189. The van der Waals surface area contributed by atoms with Gasteiger partial charge in [-0.1, -0.05) is 84.6 Å². The normalized spacial score (nSPS) is 13.7. The molecule has 0 fully saturated rings. The number of hydrogen-bond donors (Lipinski definition) is 1. The zero-order valence-electron chi connectivity index (χ0n) is 14.5. The Kier molecular flexibility index (Phi) is 12.4. The van der Waals surface area contributed by atoms with E-state index in [9.17, 15) is 4.79 Å². The molecule has 1 amide bonds. The van der Waals surface area contributed by atoms with Gasteiger partial charge in [-0.2, -0.15) is 0 Å². The van der Waals surface area contributed by atoms with Crippen LogP contribution in [-0.4, -0.2) is 11.4 Å². The Labute approximate surface area is 132 Å². The molecule has 0 aliphatic carbocycles. The lowest BCUT2D eigenvalue weighted by Gasteiger charge is -2.29. The second-order valence-electron chi connectivity index (χ2n) is 6.33. The summed E-state index contributed by atoms with van der Waals surface area (Å²) in [6.07, 6.45) is 17.9. The van der Waals surface area contributed by atoms with Crippen LogP contribution in [0.4, 0.5) is 0 Å². The van der Waals surface area contributed by atoms with Crippen molar-refractivity contribution in [1.29, 1.82) is 0 Å². The monoisotopic (exact) mass is 294 g/mol. The van der Waals surface area contributed by atoms with Gasteiger partial charge in [0, 0.05) is 5.54 Å². The molecule has 0 aliphatic rings.